The van der Waals surface area contributed by atoms with Gasteiger partial charge in [0.2, 0.25) is 10.0 Å². The molecule has 108 valence electrons. The number of aryl methyl sites for hydroxylation is 1. The first kappa shape index (κ1) is 15.0. The highest BCUT2D eigenvalue weighted by molar-refractivity contribution is 7.89. The zero-order valence-corrected chi connectivity index (χ0v) is 12.9. The molecule has 0 fully saturated rings. The molecule has 0 radical (unpaired) electrons. The van der Waals surface area contributed by atoms with Crippen LogP contribution in [0.1, 0.15) is 18.2 Å². The molecule has 1 N–H and O–H groups in total. The summed E-state index contributed by atoms with van der Waals surface area (Å²) in [5.74, 6) is 0. The molecule has 0 unspecified atom stereocenters. The first-order chi connectivity index (χ1) is 9.45. The Morgan fingerprint density at radius 2 is 2.15 bits per heavy atom. The molecule has 20 heavy (non-hydrogen) atoms. The van der Waals surface area contributed by atoms with E-state index in [1.807, 2.05) is 6.07 Å². The maximum absolute atomic E-state index is 12.6. The molecule has 7 heteroatoms. The van der Waals surface area contributed by atoms with E-state index >= 15 is 0 Å². The number of hydrogen-bond acceptors (Lipinski definition) is 3. The number of nitrogens with one attached hydrogen (secondary N) is 1. The standard InChI is InChI=1S/C13H16ClN3O2S/c1-3-17(9-11-5-4-6-12(14)7-11)20(18,19)13-8-15-16-10(13)2/h4-8H,3,9H2,1-2H3,(H,15,16). The van der Waals surface area contributed by atoms with Crippen LogP contribution in [-0.4, -0.2) is 29.5 Å². The summed E-state index contributed by atoms with van der Waals surface area (Å²) in [6, 6.07) is 7.19. The fourth-order valence-electron chi connectivity index (χ4n) is 1.94. The highest BCUT2D eigenvalue weighted by atomic mass is 35.5. The van der Waals surface area contributed by atoms with Crippen molar-refractivity contribution < 1.29 is 8.42 Å². The number of halogens is 1. The molecule has 1 aromatic carbocycles. The average molecular weight is 314 g/mol. The lowest BCUT2D eigenvalue weighted by atomic mass is 10.2. The molecule has 0 aliphatic heterocycles. The van der Waals surface area contributed by atoms with Gasteiger partial charge in [0.15, 0.2) is 0 Å². The number of nitrogens with zero attached hydrogens (tertiary/aromatic N) is 2. The molecule has 0 spiro atoms. The number of sulfonamides is 1. The summed E-state index contributed by atoms with van der Waals surface area (Å²) in [5, 5.41) is 7.02. The highest BCUT2D eigenvalue weighted by Gasteiger charge is 2.26. The summed E-state index contributed by atoms with van der Waals surface area (Å²) < 4.78 is 26.5. The van der Waals surface area contributed by atoms with Crippen molar-refractivity contribution in [3.05, 3.63) is 46.7 Å². The van der Waals surface area contributed by atoms with Gasteiger partial charge in [0.25, 0.3) is 0 Å². The minimum atomic E-state index is -3.55. The van der Waals surface area contributed by atoms with Crippen LogP contribution in [0.5, 0.6) is 0 Å². The second-order valence-electron chi connectivity index (χ2n) is 4.42. The molecule has 0 amide bonds. The maximum Gasteiger partial charge on any atom is 0.246 e. The van der Waals surface area contributed by atoms with Crippen LogP contribution in [0, 0.1) is 6.92 Å². The van der Waals surface area contributed by atoms with E-state index in [4.69, 9.17) is 11.6 Å². The molecule has 2 rings (SSSR count). The van der Waals surface area contributed by atoms with Crippen molar-refractivity contribution in [2.24, 2.45) is 0 Å². The number of H-pyrrole nitrogens is 1. The highest BCUT2D eigenvalue weighted by Crippen LogP contribution is 2.20. The molecule has 0 saturated carbocycles. The van der Waals surface area contributed by atoms with Gasteiger partial charge in [-0.05, 0) is 24.6 Å². The second kappa shape index (κ2) is 5.95. The van der Waals surface area contributed by atoms with Crippen molar-refractivity contribution >= 4 is 21.6 Å². The Bertz CT molecular complexity index is 697. The van der Waals surface area contributed by atoms with Crippen LogP contribution >= 0.6 is 11.6 Å². The minimum Gasteiger partial charge on any atom is -0.281 e. The molecule has 1 aromatic heterocycles. The number of benzene rings is 1. The molecular weight excluding hydrogens is 298 g/mol. The van der Waals surface area contributed by atoms with E-state index < -0.39 is 10.0 Å². The van der Waals surface area contributed by atoms with E-state index in [1.54, 1.807) is 32.0 Å². The summed E-state index contributed by atoms with van der Waals surface area (Å²) >= 11 is 5.93. The van der Waals surface area contributed by atoms with Gasteiger partial charge in [0.1, 0.15) is 4.90 Å². The first-order valence-corrected chi connectivity index (χ1v) is 8.01. The first-order valence-electron chi connectivity index (χ1n) is 6.19. The van der Waals surface area contributed by atoms with Gasteiger partial charge in [-0.25, -0.2) is 8.42 Å². The van der Waals surface area contributed by atoms with E-state index in [9.17, 15) is 8.42 Å². The summed E-state index contributed by atoms with van der Waals surface area (Å²) in [6.45, 7) is 4.15. The largest absolute Gasteiger partial charge is 0.281 e. The third-order valence-electron chi connectivity index (χ3n) is 3.00. The van der Waals surface area contributed by atoms with Crippen molar-refractivity contribution in [2.45, 2.75) is 25.3 Å². The number of rotatable bonds is 5. The third-order valence-corrected chi connectivity index (χ3v) is 5.27. The van der Waals surface area contributed by atoms with Gasteiger partial charge in [0, 0.05) is 18.1 Å². The van der Waals surface area contributed by atoms with Crippen LogP contribution in [-0.2, 0) is 16.6 Å². The molecular formula is C13H16ClN3O2S. The van der Waals surface area contributed by atoms with Crippen molar-refractivity contribution in [2.75, 3.05) is 6.54 Å². The second-order valence-corrected chi connectivity index (χ2v) is 6.76. The van der Waals surface area contributed by atoms with E-state index in [2.05, 4.69) is 10.2 Å². The summed E-state index contributed by atoms with van der Waals surface area (Å²) in [4.78, 5) is 0.210. The van der Waals surface area contributed by atoms with Gasteiger partial charge in [0.05, 0.1) is 11.9 Å². The van der Waals surface area contributed by atoms with Crippen molar-refractivity contribution in [3.8, 4) is 0 Å². The zero-order chi connectivity index (χ0) is 14.8. The summed E-state index contributed by atoms with van der Waals surface area (Å²) in [7, 11) is -3.55. The van der Waals surface area contributed by atoms with E-state index in [1.165, 1.54) is 10.5 Å². The van der Waals surface area contributed by atoms with Gasteiger partial charge >= 0.3 is 0 Å². The molecule has 0 aliphatic carbocycles. The summed E-state index contributed by atoms with van der Waals surface area (Å²) in [6.07, 6.45) is 1.34. The van der Waals surface area contributed by atoms with Crippen LogP contribution in [0.2, 0.25) is 5.02 Å². The lowest BCUT2D eigenvalue weighted by Gasteiger charge is -2.20. The molecule has 5 nitrogen and oxygen atoms in total. The van der Waals surface area contributed by atoms with Gasteiger partial charge in [-0.15, -0.1) is 0 Å². The van der Waals surface area contributed by atoms with Crippen LogP contribution in [0.25, 0.3) is 0 Å². The average Bonchev–Trinajstić information content (AvgIpc) is 2.83. The third kappa shape index (κ3) is 3.03. The fourth-order valence-corrected chi connectivity index (χ4v) is 3.71. The van der Waals surface area contributed by atoms with Gasteiger partial charge in [-0.3, -0.25) is 5.10 Å². The van der Waals surface area contributed by atoms with E-state index in [0.717, 1.165) is 5.56 Å². The van der Waals surface area contributed by atoms with Crippen LogP contribution < -0.4 is 0 Å². The fraction of sp³-hybridized carbons (Fsp3) is 0.308. The molecule has 0 atom stereocenters. The van der Waals surface area contributed by atoms with E-state index in [0.29, 0.717) is 17.3 Å². The Kier molecular flexibility index (Phi) is 4.47. The monoisotopic (exact) mass is 313 g/mol. The maximum atomic E-state index is 12.6. The Morgan fingerprint density at radius 1 is 1.40 bits per heavy atom. The Morgan fingerprint density at radius 3 is 2.70 bits per heavy atom. The van der Waals surface area contributed by atoms with E-state index in [-0.39, 0.29) is 11.4 Å². The molecule has 2 aromatic rings. The number of hydrogen-bond donors (Lipinski definition) is 1. The normalized spacial score (nSPS) is 12.0. The topological polar surface area (TPSA) is 66.1 Å². The number of aromatic amines is 1. The zero-order valence-electron chi connectivity index (χ0n) is 11.3. The molecule has 0 aliphatic rings. The SMILES string of the molecule is CCN(Cc1cccc(Cl)c1)S(=O)(=O)c1cn[nH]c1C. The van der Waals surface area contributed by atoms with Crippen LogP contribution in [0.3, 0.4) is 0 Å². The van der Waals surface area contributed by atoms with Gasteiger partial charge in [-0.1, -0.05) is 30.7 Å². The van der Waals surface area contributed by atoms with Crippen molar-refractivity contribution in [1.82, 2.24) is 14.5 Å². The summed E-state index contributed by atoms with van der Waals surface area (Å²) in [5.41, 5.74) is 1.39. The molecule has 0 bridgehead atoms. The lowest BCUT2D eigenvalue weighted by Crippen LogP contribution is -2.30. The van der Waals surface area contributed by atoms with Crippen molar-refractivity contribution in [1.29, 1.82) is 0 Å². The number of aromatic nitrogens is 2. The van der Waals surface area contributed by atoms with Crippen molar-refractivity contribution in [3.63, 3.8) is 0 Å². The lowest BCUT2D eigenvalue weighted by molar-refractivity contribution is 0.423. The van der Waals surface area contributed by atoms with Crippen LogP contribution in [0.4, 0.5) is 0 Å². The molecule has 1 heterocycles. The Balaban J connectivity index is 2.31. The van der Waals surface area contributed by atoms with Crippen LogP contribution in [0.15, 0.2) is 35.4 Å². The smallest absolute Gasteiger partial charge is 0.246 e. The van der Waals surface area contributed by atoms with Gasteiger partial charge < -0.3 is 0 Å². The Hall–Kier alpha value is -1.37. The Labute approximate surface area is 123 Å². The minimum absolute atomic E-state index is 0.210. The predicted octanol–water partition coefficient (Wildman–Crippen LogP) is 2.58. The van der Waals surface area contributed by atoms with Gasteiger partial charge in [-0.2, -0.15) is 9.40 Å². The predicted molar refractivity (Wildman–Crippen MR) is 78.0 cm³/mol. The quantitative estimate of drug-likeness (QED) is 0.922. The molecule has 0 saturated heterocycles.